The van der Waals surface area contributed by atoms with E-state index in [9.17, 15) is 5.26 Å². The summed E-state index contributed by atoms with van der Waals surface area (Å²) in [5, 5.41) is 10.2. The Morgan fingerprint density at radius 2 is 1.49 bits per heavy atom. The van der Waals surface area contributed by atoms with Crippen LogP contribution in [0.3, 0.4) is 0 Å². The van der Waals surface area contributed by atoms with E-state index in [1.807, 2.05) is 12.3 Å². The third-order valence-corrected chi connectivity index (χ3v) is 11.7. The van der Waals surface area contributed by atoms with Crippen molar-refractivity contribution in [3.05, 3.63) is 134 Å². The molecule has 4 nitrogen and oxygen atoms in total. The largest absolute Gasteiger partial charge is 0.303 e. The summed E-state index contributed by atoms with van der Waals surface area (Å²) < 4.78 is 0. The van der Waals surface area contributed by atoms with E-state index in [0.717, 1.165) is 68.6 Å². The molecule has 1 aliphatic carbocycles. The zero-order chi connectivity index (χ0) is 34.5. The molecule has 1 aliphatic heterocycles. The van der Waals surface area contributed by atoms with Gasteiger partial charge in [-0.1, -0.05) is 66.2 Å². The molecule has 5 heteroatoms. The third-order valence-electron chi connectivity index (χ3n) is 11.4. The molecule has 254 valence electrons. The fraction of sp³-hybridized carbons (Fsp3) is 0.409. The van der Waals surface area contributed by atoms with Gasteiger partial charge in [0.05, 0.1) is 5.56 Å². The van der Waals surface area contributed by atoms with Crippen molar-refractivity contribution >= 4 is 11.6 Å². The Morgan fingerprint density at radius 3 is 2.12 bits per heavy atom. The molecule has 1 saturated carbocycles. The molecule has 49 heavy (non-hydrogen) atoms. The molecular formula is C44H51ClN4. The average molecular weight is 671 g/mol. The summed E-state index contributed by atoms with van der Waals surface area (Å²) in [4.78, 5) is 9.37. The van der Waals surface area contributed by atoms with Crippen molar-refractivity contribution in [2.45, 2.75) is 90.6 Å². The van der Waals surface area contributed by atoms with Crippen molar-refractivity contribution in [2.24, 2.45) is 0 Å². The Balaban J connectivity index is 1.22. The summed E-state index contributed by atoms with van der Waals surface area (Å²) in [6, 6.07) is 22.4. The molecule has 0 atom stereocenters. The van der Waals surface area contributed by atoms with Gasteiger partial charge < -0.3 is 4.90 Å². The molecule has 3 aromatic carbocycles. The first-order valence-electron chi connectivity index (χ1n) is 18.1. The lowest BCUT2D eigenvalue weighted by atomic mass is 9.89. The zero-order valence-corrected chi connectivity index (χ0v) is 30.7. The maximum atomic E-state index is 9.40. The van der Waals surface area contributed by atoms with Crippen LogP contribution in [-0.2, 0) is 38.6 Å². The van der Waals surface area contributed by atoms with Gasteiger partial charge >= 0.3 is 0 Å². The number of hydrogen-bond donors (Lipinski definition) is 0. The lowest BCUT2D eigenvalue weighted by Crippen LogP contribution is -2.34. The van der Waals surface area contributed by atoms with Crippen LogP contribution in [0.2, 0.25) is 5.02 Å². The Hall–Kier alpha value is -3.75. The molecule has 2 fully saturated rings. The number of nitriles is 1. The molecule has 0 spiro atoms. The van der Waals surface area contributed by atoms with Crippen LogP contribution >= 0.6 is 11.6 Å². The maximum absolute atomic E-state index is 9.40. The molecule has 2 heterocycles. The van der Waals surface area contributed by atoms with E-state index in [1.54, 1.807) is 6.20 Å². The number of rotatable bonds is 14. The number of benzene rings is 3. The van der Waals surface area contributed by atoms with E-state index in [2.05, 4.69) is 104 Å². The van der Waals surface area contributed by atoms with E-state index in [4.69, 9.17) is 11.6 Å². The molecule has 2 aliphatic rings. The second-order valence-electron chi connectivity index (χ2n) is 14.6. The SMILES string of the molecule is C=C(C)C1(N(C)Cc2cc(Cl)c(CCc3cccc(-c4cccc(CCN5CCCC5)c4C)c3C)cc2CCc2cncc(C#N)c2)CC1. The van der Waals surface area contributed by atoms with Gasteiger partial charge in [-0.3, -0.25) is 9.88 Å². The highest BCUT2D eigenvalue weighted by molar-refractivity contribution is 6.31. The number of nitrogens with zero attached hydrogens (tertiary/aromatic N) is 4. The summed E-state index contributed by atoms with van der Waals surface area (Å²) in [7, 11) is 2.22. The van der Waals surface area contributed by atoms with Gasteiger partial charge in [-0.05, 0) is 166 Å². The second-order valence-corrected chi connectivity index (χ2v) is 15.0. The molecule has 0 unspecified atom stereocenters. The first kappa shape index (κ1) is 35.1. The summed E-state index contributed by atoms with van der Waals surface area (Å²) >= 11 is 7.10. The van der Waals surface area contributed by atoms with Crippen LogP contribution in [0, 0.1) is 25.2 Å². The smallest absolute Gasteiger partial charge is 0.101 e. The minimum absolute atomic E-state index is 0.0990. The van der Waals surface area contributed by atoms with Gasteiger partial charge in [-0.25, -0.2) is 0 Å². The zero-order valence-electron chi connectivity index (χ0n) is 29.9. The fourth-order valence-corrected chi connectivity index (χ4v) is 8.23. The minimum atomic E-state index is 0.0990. The number of likely N-dealkylation sites (N-methyl/N-ethyl adjacent to an activating group) is 1. The lowest BCUT2D eigenvalue weighted by Gasteiger charge is -2.29. The van der Waals surface area contributed by atoms with Gasteiger partial charge in [0.1, 0.15) is 6.07 Å². The highest BCUT2D eigenvalue weighted by Crippen LogP contribution is 2.47. The Bertz CT molecular complexity index is 1860. The van der Waals surface area contributed by atoms with Crippen molar-refractivity contribution in [3.63, 3.8) is 0 Å². The van der Waals surface area contributed by atoms with Crippen LogP contribution in [0.5, 0.6) is 0 Å². The van der Waals surface area contributed by atoms with Gasteiger partial charge in [0, 0.05) is 36.0 Å². The fourth-order valence-electron chi connectivity index (χ4n) is 7.95. The second kappa shape index (κ2) is 15.4. The van der Waals surface area contributed by atoms with Crippen LogP contribution in [0.25, 0.3) is 11.1 Å². The van der Waals surface area contributed by atoms with E-state index < -0.39 is 0 Å². The van der Waals surface area contributed by atoms with E-state index in [0.29, 0.717) is 5.56 Å². The predicted octanol–water partition coefficient (Wildman–Crippen LogP) is 9.64. The Labute approximate surface area is 299 Å². The number of aryl methyl sites for hydroxylation is 4. The molecule has 1 saturated heterocycles. The molecule has 4 aromatic rings. The summed E-state index contributed by atoms with van der Waals surface area (Å²) in [6.45, 7) is 15.5. The highest BCUT2D eigenvalue weighted by Gasteiger charge is 2.46. The van der Waals surface area contributed by atoms with Crippen LogP contribution in [0.15, 0.2) is 79.1 Å². The summed E-state index contributed by atoms with van der Waals surface area (Å²) in [5.74, 6) is 0. The highest BCUT2D eigenvalue weighted by atomic mass is 35.5. The molecule has 1 aromatic heterocycles. The van der Waals surface area contributed by atoms with Gasteiger partial charge in [0.15, 0.2) is 0 Å². The monoisotopic (exact) mass is 670 g/mol. The van der Waals surface area contributed by atoms with Crippen LogP contribution in [0.4, 0.5) is 0 Å². The first-order valence-corrected chi connectivity index (χ1v) is 18.5. The normalized spacial score (nSPS) is 15.4. The van der Waals surface area contributed by atoms with Crippen LogP contribution in [0.1, 0.15) is 82.7 Å². The molecule has 6 rings (SSSR count). The summed E-state index contributed by atoms with van der Waals surface area (Å²) in [5.41, 5.74) is 15.1. The van der Waals surface area contributed by atoms with Gasteiger partial charge in [-0.2, -0.15) is 5.26 Å². The van der Waals surface area contributed by atoms with Crippen molar-refractivity contribution < 1.29 is 0 Å². The number of aromatic nitrogens is 1. The average Bonchev–Trinajstić information content (AvgIpc) is 3.77. The van der Waals surface area contributed by atoms with Crippen LogP contribution in [-0.4, -0.2) is 47.0 Å². The van der Waals surface area contributed by atoms with Gasteiger partial charge in [0.2, 0.25) is 0 Å². The molecule has 0 amide bonds. The Kier molecular flexibility index (Phi) is 11.0. The predicted molar refractivity (Wildman–Crippen MR) is 204 cm³/mol. The quantitative estimate of drug-likeness (QED) is 0.125. The van der Waals surface area contributed by atoms with Gasteiger partial charge in [-0.15, -0.1) is 0 Å². The molecule has 0 radical (unpaired) electrons. The maximum Gasteiger partial charge on any atom is 0.101 e. The van der Waals surface area contributed by atoms with E-state index >= 15 is 0 Å². The number of halogens is 1. The summed E-state index contributed by atoms with van der Waals surface area (Å²) in [6.07, 6.45) is 13.1. The molecular weight excluding hydrogens is 620 g/mol. The van der Waals surface area contributed by atoms with Gasteiger partial charge in [0.25, 0.3) is 0 Å². The van der Waals surface area contributed by atoms with Crippen molar-refractivity contribution in [1.29, 1.82) is 5.26 Å². The first-order chi connectivity index (χ1) is 23.7. The van der Waals surface area contributed by atoms with Crippen molar-refractivity contribution in [1.82, 2.24) is 14.8 Å². The minimum Gasteiger partial charge on any atom is -0.303 e. The number of pyridine rings is 1. The molecule has 0 bridgehead atoms. The van der Waals surface area contributed by atoms with Crippen molar-refractivity contribution in [2.75, 3.05) is 26.7 Å². The standard InChI is InChI=1S/C44H51ClN4/c1-31(2)44(19-20-44)48(5)30-40-26-43(45)39(25-38(40)15-14-34-24-35(27-46)29-47-28-34)17-16-36-10-8-12-41(32(36)3)42-13-9-11-37(33(42)4)18-23-49-21-6-7-22-49/h8-13,24-26,28-29H,1,6-7,14-23,30H2,2-5H3. The van der Waals surface area contributed by atoms with E-state index in [-0.39, 0.29) is 5.54 Å². The number of likely N-dealkylation sites (tertiary alicyclic amines) is 1. The van der Waals surface area contributed by atoms with E-state index in [1.165, 1.54) is 81.6 Å². The van der Waals surface area contributed by atoms with Crippen molar-refractivity contribution in [3.8, 4) is 17.2 Å². The number of hydrogen-bond acceptors (Lipinski definition) is 4. The Morgan fingerprint density at radius 1 is 0.857 bits per heavy atom. The van der Waals surface area contributed by atoms with Crippen LogP contribution < -0.4 is 0 Å². The topological polar surface area (TPSA) is 43.2 Å². The molecule has 0 N–H and O–H groups in total. The third kappa shape index (κ3) is 8.02. The lowest BCUT2D eigenvalue weighted by molar-refractivity contribution is 0.244.